The molecule has 0 saturated heterocycles. The minimum atomic E-state index is -0.156. The molecule has 0 radical (unpaired) electrons. The van der Waals surface area contributed by atoms with E-state index in [1.54, 1.807) is 11.7 Å². The van der Waals surface area contributed by atoms with Crippen molar-refractivity contribution in [1.29, 1.82) is 0 Å². The van der Waals surface area contributed by atoms with Crippen LogP contribution in [0.2, 0.25) is 0 Å². The highest BCUT2D eigenvalue weighted by molar-refractivity contribution is 5.90. The molecule has 3 rings (SSSR count). The van der Waals surface area contributed by atoms with E-state index in [9.17, 15) is 4.79 Å². The Morgan fingerprint density at radius 2 is 2.13 bits per heavy atom. The number of anilines is 1. The summed E-state index contributed by atoms with van der Waals surface area (Å²) in [5, 5.41) is 17.4. The topological polar surface area (TPSA) is 84.7 Å². The van der Waals surface area contributed by atoms with Crippen LogP contribution in [-0.2, 0) is 7.05 Å². The Bertz CT molecular complexity index is 683. The normalized spacial score (nSPS) is 21.0. The molecule has 1 saturated carbocycles. The first-order chi connectivity index (χ1) is 11.1. The highest BCUT2D eigenvalue weighted by atomic mass is 16.2. The van der Waals surface area contributed by atoms with Gasteiger partial charge in [-0.25, -0.2) is 9.48 Å². The van der Waals surface area contributed by atoms with Crippen LogP contribution >= 0.6 is 0 Å². The number of aromatic nitrogens is 4. The molecule has 1 aliphatic carbocycles. The van der Waals surface area contributed by atoms with Crippen molar-refractivity contribution in [2.75, 3.05) is 5.32 Å². The van der Waals surface area contributed by atoms with Gasteiger partial charge in [-0.05, 0) is 41.3 Å². The number of hydrogen-bond acceptors (Lipinski definition) is 4. The second kappa shape index (κ2) is 6.76. The van der Waals surface area contributed by atoms with Gasteiger partial charge in [0.05, 0.1) is 0 Å². The van der Waals surface area contributed by atoms with Crippen molar-refractivity contribution in [2.45, 2.75) is 38.6 Å². The van der Waals surface area contributed by atoms with Gasteiger partial charge < -0.3 is 10.6 Å². The zero-order valence-corrected chi connectivity index (χ0v) is 13.5. The third-order valence-corrected chi connectivity index (χ3v) is 4.43. The number of carbonyl (C=O) groups is 1. The van der Waals surface area contributed by atoms with Crippen LogP contribution in [0.15, 0.2) is 24.3 Å². The zero-order chi connectivity index (χ0) is 16.2. The fraction of sp³-hybridized carbons (Fsp3) is 0.500. The number of hydrogen-bond donors (Lipinski definition) is 2. The van der Waals surface area contributed by atoms with E-state index in [1.165, 1.54) is 19.3 Å². The van der Waals surface area contributed by atoms with Crippen LogP contribution in [0.25, 0.3) is 11.4 Å². The number of nitrogens with zero attached hydrogens (tertiary/aromatic N) is 4. The third kappa shape index (κ3) is 3.67. The van der Waals surface area contributed by atoms with Crippen molar-refractivity contribution < 1.29 is 4.79 Å². The molecule has 2 atom stereocenters. The predicted molar refractivity (Wildman–Crippen MR) is 87.8 cm³/mol. The summed E-state index contributed by atoms with van der Waals surface area (Å²) in [5.74, 6) is 1.19. The summed E-state index contributed by atoms with van der Waals surface area (Å²) in [6.45, 7) is 2.20. The molecular formula is C16H22N6O. The monoisotopic (exact) mass is 314 g/mol. The van der Waals surface area contributed by atoms with Crippen molar-refractivity contribution in [1.82, 2.24) is 25.5 Å². The van der Waals surface area contributed by atoms with Crippen molar-refractivity contribution >= 4 is 11.7 Å². The lowest BCUT2D eigenvalue weighted by atomic mass is 9.86. The van der Waals surface area contributed by atoms with Gasteiger partial charge in [0.2, 0.25) is 0 Å². The fourth-order valence-corrected chi connectivity index (χ4v) is 3.08. The van der Waals surface area contributed by atoms with Crippen molar-refractivity contribution in [3.8, 4) is 11.4 Å². The van der Waals surface area contributed by atoms with Gasteiger partial charge in [0, 0.05) is 24.3 Å². The molecular weight excluding hydrogens is 292 g/mol. The molecule has 0 spiro atoms. The van der Waals surface area contributed by atoms with Gasteiger partial charge in [-0.15, -0.1) is 5.10 Å². The molecule has 2 N–H and O–H groups in total. The van der Waals surface area contributed by atoms with Gasteiger partial charge in [0.25, 0.3) is 0 Å². The Balaban J connectivity index is 1.66. The average Bonchev–Trinajstić information content (AvgIpc) is 2.96. The maximum Gasteiger partial charge on any atom is 0.319 e. The molecule has 2 aromatic rings. The molecule has 23 heavy (non-hydrogen) atoms. The average molecular weight is 314 g/mol. The highest BCUT2D eigenvalue weighted by Crippen LogP contribution is 2.24. The fourth-order valence-electron chi connectivity index (χ4n) is 3.08. The van der Waals surface area contributed by atoms with Gasteiger partial charge in [-0.3, -0.25) is 0 Å². The van der Waals surface area contributed by atoms with Crippen LogP contribution < -0.4 is 10.6 Å². The molecule has 1 aromatic heterocycles. The van der Waals surface area contributed by atoms with Gasteiger partial charge in [-0.1, -0.05) is 31.9 Å². The lowest BCUT2D eigenvalue weighted by molar-refractivity contribution is 0.232. The highest BCUT2D eigenvalue weighted by Gasteiger charge is 2.22. The van der Waals surface area contributed by atoms with E-state index in [2.05, 4.69) is 33.1 Å². The Hall–Kier alpha value is -2.44. The predicted octanol–water partition coefficient (Wildman–Crippen LogP) is 2.58. The van der Waals surface area contributed by atoms with Crippen LogP contribution in [0, 0.1) is 5.92 Å². The number of rotatable bonds is 3. The summed E-state index contributed by atoms with van der Waals surface area (Å²) >= 11 is 0. The van der Waals surface area contributed by atoms with E-state index < -0.39 is 0 Å². The summed E-state index contributed by atoms with van der Waals surface area (Å²) in [4.78, 5) is 12.2. The maximum atomic E-state index is 12.2. The Labute approximate surface area is 135 Å². The number of tetrazole rings is 1. The number of benzene rings is 1. The van der Waals surface area contributed by atoms with Crippen molar-refractivity contribution in [3.63, 3.8) is 0 Å². The van der Waals surface area contributed by atoms with E-state index in [0.717, 1.165) is 17.7 Å². The van der Waals surface area contributed by atoms with Gasteiger partial charge in [0.1, 0.15) is 0 Å². The van der Waals surface area contributed by atoms with Crippen molar-refractivity contribution in [3.05, 3.63) is 24.3 Å². The van der Waals surface area contributed by atoms with Crippen LogP contribution in [0.5, 0.6) is 0 Å². The number of urea groups is 1. The van der Waals surface area contributed by atoms with E-state index >= 15 is 0 Å². The lowest BCUT2D eigenvalue weighted by Gasteiger charge is -2.29. The summed E-state index contributed by atoms with van der Waals surface area (Å²) in [5.41, 5.74) is 1.59. The second-order valence-corrected chi connectivity index (χ2v) is 6.17. The SMILES string of the molecule is CC1CCCCC1NC(=O)Nc1cccc(-c2nnnn2C)c1. The summed E-state index contributed by atoms with van der Waals surface area (Å²) in [6.07, 6.45) is 4.68. The van der Waals surface area contributed by atoms with E-state index in [0.29, 0.717) is 11.7 Å². The van der Waals surface area contributed by atoms with Crippen LogP contribution in [0.1, 0.15) is 32.6 Å². The molecule has 1 aliphatic rings. The van der Waals surface area contributed by atoms with E-state index in [-0.39, 0.29) is 12.1 Å². The summed E-state index contributed by atoms with van der Waals surface area (Å²) in [7, 11) is 1.78. The first kappa shape index (κ1) is 15.5. The molecule has 1 aromatic carbocycles. The smallest absolute Gasteiger partial charge is 0.319 e. The molecule has 0 bridgehead atoms. The van der Waals surface area contributed by atoms with Crippen molar-refractivity contribution in [2.24, 2.45) is 13.0 Å². The van der Waals surface area contributed by atoms with Crippen LogP contribution in [0.3, 0.4) is 0 Å². The largest absolute Gasteiger partial charge is 0.335 e. The lowest BCUT2D eigenvalue weighted by Crippen LogP contribution is -2.43. The minimum absolute atomic E-state index is 0.156. The Morgan fingerprint density at radius 1 is 1.30 bits per heavy atom. The first-order valence-corrected chi connectivity index (χ1v) is 8.04. The van der Waals surface area contributed by atoms with Gasteiger partial charge in [0.15, 0.2) is 5.82 Å². The maximum absolute atomic E-state index is 12.2. The van der Waals surface area contributed by atoms with Gasteiger partial charge in [-0.2, -0.15) is 0 Å². The molecule has 2 unspecified atom stereocenters. The second-order valence-electron chi connectivity index (χ2n) is 6.17. The zero-order valence-electron chi connectivity index (χ0n) is 13.5. The number of aryl methyl sites for hydroxylation is 1. The first-order valence-electron chi connectivity index (χ1n) is 8.04. The summed E-state index contributed by atoms with van der Waals surface area (Å²) < 4.78 is 1.60. The van der Waals surface area contributed by atoms with Crippen LogP contribution in [0.4, 0.5) is 10.5 Å². The molecule has 7 heteroatoms. The number of carbonyl (C=O) groups excluding carboxylic acids is 1. The number of nitrogens with one attached hydrogen (secondary N) is 2. The molecule has 1 fully saturated rings. The molecule has 0 aliphatic heterocycles. The number of amides is 2. The van der Waals surface area contributed by atoms with Gasteiger partial charge >= 0.3 is 6.03 Å². The Kier molecular flexibility index (Phi) is 4.55. The molecule has 2 amide bonds. The summed E-state index contributed by atoms with van der Waals surface area (Å²) in [6, 6.07) is 7.63. The minimum Gasteiger partial charge on any atom is -0.335 e. The molecule has 1 heterocycles. The Morgan fingerprint density at radius 3 is 2.87 bits per heavy atom. The molecule has 122 valence electrons. The quantitative estimate of drug-likeness (QED) is 0.912. The van der Waals surface area contributed by atoms with E-state index in [1.807, 2.05) is 24.3 Å². The van der Waals surface area contributed by atoms with Crippen LogP contribution in [-0.4, -0.2) is 32.3 Å². The molecule has 7 nitrogen and oxygen atoms in total. The third-order valence-electron chi connectivity index (χ3n) is 4.43. The standard InChI is InChI=1S/C16H22N6O/c1-11-6-3-4-9-14(11)18-16(23)17-13-8-5-7-12(10-13)15-19-20-21-22(15)2/h5,7-8,10-11,14H,3-4,6,9H2,1-2H3,(H2,17,18,23). The van der Waals surface area contributed by atoms with E-state index in [4.69, 9.17) is 0 Å².